The standard InChI is InChI=1S/C13H14N4O/c14-6-3-7-17-8-12(15-16-17)11-9-18-13-5-2-1-4-10(11)13/h1-2,4-5,8-9H,3,6-7,14H2. The molecule has 18 heavy (non-hydrogen) atoms. The summed E-state index contributed by atoms with van der Waals surface area (Å²) in [6, 6.07) is 7.90. The van der Waals surface area contributed by atoms with Crippen molar-refractivity contribution in [2.75, 3.05) is 6.54 Å². The molecule has 0 fully saturated rings. The van der Waals surface area contributed by atoms with Gasteiger partial charge in [-0.15, -0.1) is 5.10 Å². The number of nitrogens with zero attached hydrogens (tertiary/aromatic N) is 3. The van der Waals surface area contributed by atoms with Crippen LogP contribution in [-0.2, 0) is 6.54 Å². The molecule has 0 aliphatic rings. The third-order valence-electron chi connectivity index (χ3n) is 2.89. The third kappa shape index (κ3) is 1.89. The zero-order chi connectivity index (χ0) is 12.4. The van der Waals surface area contributed by atoms with Gasteiger partial charge in [0.1, 0.15) is 17.5 Å². The van der Waals surface area contributed by atoms with E-state index in [-0.39, 0.29) is 0 Å². The van der Waals surface area contributed by atoms with Crippen LogP contribution in [0.4, 0.5) is 0 Å². The van der Waals surface area contributed by atoms with Crippen molar-refractivity contribution >= 4 is 11.0 Å². The van der Waals surface area contributed by atoms with Crippen LogP contribution >= 0.6 is 0 Å². The van der Waals surface area contributed by atoms with Gasteiger partial charge < -0.3 is 10.2 Å². The van der Waals surface area contributed by atoms with Crippen molar-refractivity contribution in [1.82, 2.24) is 15.0 Å². The highest BCUT2D eigenvalue weighted by atomic mass is 16.3. The topological polar surface area (TPSA) is 69.9 Å². The second-order valence-corrected chi connectivity index (χ2v) is 4.15. The van der Waals surface area contributed by atoms with E-state index in [9.17, 15) is 0 Å². The lowest BCUT2D eigenvalue weighted by Crippen LogP contribution is -2.06. The first kappa shape index (κ1) is 11.0. The van der Waals surface area contributed by atoms with E-state index in [2.05, 4.69) is 10.3 Å². The van der Waals surface area contributed by atoms with Gasteiger partial charge in [0.05, 0.1) is 6.20 Å². The van der Waals surface area contributed by atoms with Crippen LogP contribution in [0.2, 0.25) is 0 Å². The molecule has 0 aliphatic carbocycles. The van der Waals surface area contributed by atoms with Gasteiger partial charge in [0.2, 0.25) is 0 Å². The lowest BCUT2D eigenvalue weighted by molar-refractivity contribution is 0.564. The molecule has 0 amide bonds. The highest BCUT2D eigenvalue weighted by molar-refractivity contribution is 5.92. The number of rotatable bonds is 4. The summed E-state index contributed by atoms with van der Waals surface area (Å²) in [5.41, 5.74) is 8.15. The number of furan rings is 1. The van der Waals surface area contributed by atoms with E-state index >= 15 is 0 Å². The molecule has 2 N–H and O–H groups in total. The zero-order valence-corrected chi connectivity index (χ0v) is 9.91. The van der Waals surface area contributed by atoms with Crippen LogP contribution < -0.4 is 5.73 Å². The van der Waals surface area contributed by atoms with Crippen LogP contribution in [0.3, 0.4) is 0 Å². The molecule has 5 heteroatoms. The van der Waals surface area contributed by atoms with E-state index in [1.165, 1.54) is 0 Å². The maximum atomic E-state index is 5.50. The maximum Gasteiger partial charge on any atom is 0.134 e. The van der Waals surface area contributed by atoms with Crippen LogP contribution in [-0.4, -0.2) is 21.5 Å². The largest absolute Gasteiger partial charge is 0.464 e. The van der Waals surface area contributed by atoms with Crippen LogP contribution in [0.15, 0.2) is 41.1 Å². The van der Waals surface area contributed by atoms with Crippen molar-refractivity contribution in [3.8, 4) is 11.3 Å². The van der Waals surface area contributed by atoms with Crippen molar-refractivity contribution in [2.24, 2.45) is 5.73 Å². The fourth-order valence-electron chi connectivity index (χ4n) is 1.96. The quantitative estimate of drug-likeness (QED) is 0.760. The molecule has 3 aromatic rings. The average Bonchev–Trinajstić information content (AvgIpc) is 3.02. The van der Waals surface area contributed by atoms with Gasteiger partial charge in [0.25, 0.3) is 0 Å². The van der Waals surface area contributed by atoms with Crippen LogP contribution in [0, 0.1) is 0 Å². The Bertz CT molecular complexity index is 656. The SMILES string of the molecule is NCCCn1cc(-c2coc3ccccc23)nn1. The molecule has 0 unspecified atom stereocenters. The molecule has 2 aromatic heterocycles. The molecule has 0 atom stereocenters. The first-order valence-electron chi connectivity index (χ1n) is 5.95. The second kappa shape index (κ2) is 4.62. The molecule has 0 aliphatic heterocycles. The molecule has 0 saturated heterocycles. The summed E-state index contributed by atoms with van der Waals surface area (Å²) in [6.45, 7) is 1.45. The number of nitrogens with two attached hydrogens (primary N) is 1. The van der Waals surface area contributed by atoms with Gasteiger partial charge >= 0.3 is 0 Å². The summed E-state index contributed by atoms with van der Waals surface area (Å²) in [4.78, 5) is 0. The fourth-order valence-corrected chi connectivity index (χ4v) is 1.96. The molecular weight excluding hydrogens is 228 g/mol. The second-order valence-electron chi connectivity index (χ2n) is 4.15. The lowest BCUT2D eigenvalue weighted by atomic mass is 10.1. The van der Waals surface area contributed by atoms with E-state index in [1.54, 1.807) is 6.26 Å². The zero-order valence-electron chi connectivity index (χ0n) is 9.91. The molecule has 92 valence electrons. The minimum atomic E-state index is 0.657. The van der Waals surface area contributed by atoms with Gasteiger partial charge in [-0.3, -0.25) is 4.68 Å². The van der Waals surface area contributed by atoms with Crippen LogP contribution in [0.25, 0.3) is 22.2 Å². The minimum Gasteiger partial charge on any atom is -0.464 e. The Labute approximate surface area is 104 Å². The molecule has 0 bridgehead atoms. The highest BCUT2D eigenvalue weighted by Crippen LogP contribution is 2.28. The molecule has 0 spiro atoms. The van der Waals surface area contributed by atoms with Gasteiger partial charge in [-0.25, -0.2) is 0 Å². The number of aromatic nitrogens is 3. The lowest BCUT2D eigenvalue weighted by Gasteiger charge is -1.95. The Balaban J connectivity index is 1.96. The van der Waals surface area contributed by atoms with Crippen molar-refractivity contribution in [3.63, 3.8) is 0 Å². The number of para-hydroxylation sites is 1. The Morgan fingerprint density at radius 1 is 1.28 bits per heavy atom. The minimum absolute atomic E-state index is 0.657. The summed E-state index contributed by atoms with van der Waals surface area (Å²) in [6.07, 6.45) is 4.55. The van der Waals surface area contributed by atoms with Gasteiger partial charge in [-0.2, -0.15) is 0 Å². The Morgan fingerprint density at radius 3 is 3.06 bits per heavy atom. The van der Waals surface area contributed by atoms with Crippen molar-refractivity contribution in [2.45, 2.75) is 13.0 Å². The normalized spacial score (nSPS) is 11.2. The predicted molar refractivity (Wildman–Crippen MR) is 68.9 cm³/mol. The molecule has 0 saturated carbocycles. The average molecular weight is 242 g/mol. The molecule has 3 rings (SSSR count). The first-order valence-corrected chi connectivity index (χ1v) is 5.95. The Kier molecular flexibility index (Phi) is 2.82. The summed E-state index contributed by atoms with van der Waals surface area (Å²) < 4.78 is 7.31. The fraction of sp³-hybridized carbons (Fsp3) is 0.231. The van der Waals surface area contributed by atoms with E-state index in [1.807, 2.05) is 35.1 Å². The Hall–Kier alpha value is -2.14. The van der Waals surface area contributed by atoms with E-state index in [4.69, 9.17) is 10.2 Å². The molecular formula is C13H14N4O. The van der Waals surface area contributed by atoms with Gasteiger partial charge in [0.15, 0.2) is 0 Å². The summed E-state index contributed by atoms with van der Waals surface area (Å²) in [5, 5.41) is 9.32. The highest BCUT2D eigenvalue weighted by Gasteiger charge is 2.10. The van der Waals surface area contributed by atoms with Gasteiger partial charge in [-0.05, 0) is 19.0 Å². The van der Waals surface area contributed by atoms with Crippen LogP contribution in [0.5, 0.6) is 0 Å². The van der Waals surface area contributed by atoms with Crippen molar-refractivity contribution < 1.29 is 4.42 Å². The maximum absolute atomic E-state index is 5.50. The number of aryl methyl sites for hydroxylation is 1. The summed E-state index contributed by atoms with van der Waals surface area (Å²) in [7, 11) is 0. The van der Waals surface area contributed by atoms with E-state index < -0.39 is 0 Å². The Morgan fingerprint density at radius 2 is 2.17 bits per heavy atom. The van der Waals surface area contributed by atoms with E-state index in [0.717, 1.165) is 35.2 Å². The number of hydrogen-bond donors (Lipinski definition) is 1. The van der Waals surface area contributed by atoms with Gasteiger partial charge in [-0.1, -0.05) is 23.4 Å². The third-order valence-corrected chi connectivity index (χ3v) is 2.89. The predicted octanol–water partition coefficient (Wildman–Crippen LogP) is 2.04. The number of hydrogen-bond acceptors (Lipinski definition) is 4. The molecule has 5 nitrogen and oxygen atoms in total. The number of benzene rings is 1. The monoisotopic (exact) mass is 242 g/mol. The molecule has 0 radical (unpaired) electrons. The van der Waals surface area contributed by atoms with Crippen molar-refractivity contribution in [3.05, 3.63) is 36.7 Å². The number of fused-ring (bicyclic) bond motifs is 1. The van der Waals surface area contributed by atoms with Crippen LogP contribution in [0.1, 0.15) is 6.42 Å². The molecule has 2 heterocycles. The molecule has 1 aromatic carbocycles. The summed E-state index contributed by atoms with van der Waals surface area (Å²) >= 11 is 0. The van der Waals surface area contributed by atoms with Gasteiger partial charge in [0, 0.05) is 17.5 Å². The summed E-state index contributed by atoms with van der Waals surface area (Å²) in [5.74, 6) is 0. The first-order chi connectivity index (χ1) is 8.88. The van der Waals surface area contributed by atoms with E-state index in [0.29, 0.717) is 6.54 Å². The van der Waals surface area contributed by atoms with Crippen molar-refractivity contribution in [1.29, 1.82) is 0 Å². The smallest absolute Gasteiger partial charge is 0.134 e.